The van der Waals surface area contributed by atoms with E-state index in [-0.39, 0.29) is 43.3 Å². The van der Waals surface area contributed by atoms with Crippen LogP contribution >= 0.6 is 8.60 Å². The van der Waals surface area contributed by atoms with Gasteiger partial charge in [-0.25, -0.2) is 0 Å². The predicted octanol–water partition coefficient (Wildman–Crippen LogP) is 17.6. The van der Waals surface area contributed by atoms with Crippen molar-refractivity contribution in [3.05, 3.63) is 138 Å². The second-order valence-corrected chi connectivity index (χ2v) is 29.1. The Hall–Kier alpha value is -2.81. The molecule has 0 saturated heterocycles. The summed E-state index contributed by atoms with van der Waals surface area (Å²) >= 11 is 0. The van der Waals surface area contributed by atoms with Gasteiger partial charge in [0.25, 0.3) is 0 Å². The highest BCUT2D eigenvalue weighted by molar-refractivity contribution is 7.39. The first-order chi connectivity index (χ1) is 29.3. The first kappa shape index (κ1) is 55.8. The summed E-state index contributed by atoms with van der Waals surface area (Å²) in [4.78, 5) is 24.4. The highest BCUT2D eigenvalue weighted by atomic mass is 31.2. The van der Waals surface area contributed by atoms with Gasteiger partial charge in [0.1, 0.15) is 5.60 Å². The fraction of sp³-hybridized carbons (Fsp3) is 0.613. The molecule has 0 aliphatic heterocycles. The summed E-state index contributed by atoms with van der Waals surface area (Å²) in [5, 5.41) is 0. The highest BCUT2D eigenvalue weighted by Crippen LogP contribution is 2.63. The molecule has 0 amide bonds. The lowest BCUT2D eigenvalue weighted by Gasteiger charge is -2.51. The Labute approximate surface area is 407 Å². The summed E-state index contributed by atoms with van der Waals surface area (Å²) in [5.41, 5.74) is 15.3. The van der Waals surface area contributed by atoms with Crippen LogP contribution < -0.4 is 0 Å². The molecule has 0 fully saturated rings. The van der Waals surface area contributed by atoms with Gasteiger partial charge in [0.2, 0.25) is 0 Å². The average molecular weight is 919 g/mol. The molecule has 66 heavy (non-hydrogen) atoms. The van der Waals surface area contributed by atoms with Gasteiger partial charge in [-0.15, -0.1) is 0 Å². The first-order valence-electron chi connectivity index (χ1n) is 24.8. The van der Waals surface area contributed by atoms with Crippen molar-refractivity contribution in [2.75, 3.05) is 0 Å². The smallest absolute Gasteiger partial charge is 0.328 e. The van der Waals surface area contributed by atoms with Gasteiger partial charge in [0.15, 0.2) is 0 Å². The Morgan fingerprint density at radius 3 is 0.773 bits per heavy atom. The van der Waals surface area contributed by atoms with Gasteiger partial charge in [0, 0.05) is 5.92 Å². The molecule has 4 aromatic carbocycles. The van der Waals surface area contributed by atoms with Crippen LogP contribution in [-0.2, 0) is 53.4 Å². The maximum atomic E-state index is 12.2. The molecule has 0 saturated carbocycles. The SMILES string of the molecule is Cc1cc(C(C)(C)C)cc(C(C)(C)C)c1C(c1c(C)cc(C(C)(C)C)cc1C(C)(C)C)C(OP(O)O)(c1c(C)cc(C(C)(C)C)cc1C(C)(C)C)c1c(C)cc(C(C)(C)C)cc1C(C)(C)C. The summed E-state index contributed by atoms with van der Waals surface area (Å²) in [7, 11) is -2.97. The van der Waals surface area contributed by atoms with Gasteiger partial charge in [-0.1, -0.05) is 215 Å². The van der Waals surface area contributed by atoms with E-state index in [0.29, 0.717) is 0 Å². The second-order valence-electron chi connectivity index (χ2n) is 28.5. The number of benzene rings is 4. The van der Waals surface area contributed by atoms with Gasteiger partial charge < -0.3 is 9.79 Å². The van der Waals surface area contributed by atoms with E-state index in [1.54, 1.807) is 0 Å². The Morgan fingerprint density at radius 1 is 0.333 bits per heavy atom. The van der Waals surface area contributed by atoms with Crippen LogP contribution in [0.3, 0.4) is 0 Å². The zero-order chi connectivity index (χ0) is 51.3. The average Bonchev–Trinajstić information content (AvgIpc) is 3.07. The van der Waals surface area contributed by atoms with E-state index in [1.165, 1.54) is 55.6 Å². The fourth-order valence-electron chi connectivity index (χ4n) is 10.3. The van der Waals surface area contributed by atoms with Gasteiger partial charge in [-0.05, 0) is 160 Å². The molecule has 0 aliphatic rings. The number of hydrogen-bond donors (Lipinski definition) is 2. The fourth-order valence-corrected chi connectivity index (χ4v) is 10.9. The van der Waals surface area contributed by atoms with E-state index in [2.05, 4.69) is 242 Å². The zero-order valence-electron chi connectivity index (χ0n) is 47.4. The second kappa shape index (κ2) is 17.9. The van der Waals surface area contributed by atoms with Gasteiger partial charge in [-0.3, -0.25) is 4.52 Å². The Morgan fingerprint density at radius 2 is 0.561 bits per heavy atom. The Balaban J connectivity index is 2.78. The van der Waals surface area contributed by atoms with E-state index in [0.717, 1.165) is 33.4 Å². The molecule has 0 bridgehead atoms. The molecule has 3 nitrogen and oxygen atoms in total. The van der Waals surface area contributed by atoms with Crippen LogP contribution in [0.25, 0.3) is 0 Å². The lowest BCUT2D eigenvalue weighted by atomic mass is 9.57. The number of hydrogen-bond acceptors (Lipinski definition) is 3. The van der Waals surface area contributed by atoms with E-state index < -0.39 is 20.1 Å². The van der Waals surface area contributed by atoms with E-state index in [4.69, 9.17) is 4.52 Å². The molecule has 0 aromatic heterocycles. The Kier molecular flexibility index (Phi) is 15.1. The molecule has 366 valence electrons. The summed E-state index contributed by atoms with van der Waals surface area (Å²) in [6.45, 7) is 64.6. The minimum atomic E-state index is -2.97. The molecule has 0 spiro atoms. The van der Waals surface area contributed by atoms with Crippen LogP contribution in [0.5, 0.6) is 0 Å². The molecule has 0 heterocycles. The van der Waals surface area contributed by atoms with Gasteiger partial charge in [0.05, 0.1) is 0 Å². The lowest BCUT2D eigenvalue weighted by molar-refractivity contribution is 0.0681. The van der Waals surface area contributed by atoms with Crippen LogP contribution in [0.15, 0.2) is 48.5 Å². The summed E-state index contributed by atoms with van der Waals surface area (Å²) < 4.78 is 7.68. The molecule has 4 rings (SSSR count). The van der Waals surface area contributed by atoms with Crippen molar-refractivity contribution >= 4 is 8.60 Å². The van der Waals surface area contributed by atoms with E-state index in [9.17, 15) is 9.79 Å². The minimum absolute atomic E-state index is 0.116. The summed E-state index contributed by atoms with van der Waals surface area (Å²) in [5.74, 6) is -0.561. The molecule has 0 aliphatic carbocycles. The normalized spacial score (nSPS) is 14.2. The van der Waals surface area contributed by atoms with Crippen molar-refractivity contribution < 1.29 is 14.3 Å². The van der Waals surface area contributed by atoms with Gasteiger partial charge >= 0.3 is 8.60 Å². The van der Waals surface area contributed by atoms with Crippen LogP contribution in [0, 0.1) is 27.7 Å². The standard InChI is InChI=1S/C62H95O3P/c1-37-29-41(54(5,6)7)33-45(58(17,18)19)49(37)53(50-38(2)30-42(55(8,9)10)34-46(50)59(20,21)22)62(65-66(63)64,51-39(3)31-43(56(11,12)13)35-47(51)60(23,24)25)52-40(4)32-44(57(14,15)16)36-48(52)61(26,27)28/h29-36,53,63-64H,1-28H3. The molecule has 0 unspecified atom stereocenters. The molecule has 0 atom stereocenters. The molecular formula is C62H95O3P. The van der Waals surface area contributed by atoms with E-state index in [1.807, 2.05) is 0 Å². The summed E-state index contributed by atoms with van der Waals surface area (Å²) in [6, 6.07) is 19.3. The van der Waals surface area contributed by atoms with Crippen LogP contribution in [0.2, 0.25) is 0 Å². The lowest BCUT2D eigenvalue weighted by Crippen LogP contribution is -2.45. The molecular weight excluding hydrogens is 824 g/mol. The summed E-state index contributed by atoms with van der Waals surface area (Å²) in [6.07, 6.45) is 0. The van der Waals surface area contributed by atoms with Crippen molar-refractivity contribution in [3.8, 4) is 0 Å². The van der Waals surface area contributed by atoms with Crippen molar-refractivity contribution in [1.29, 1.82) is 0 Å². The highest BCUT2D eigenvalue weighted by Gasteiger charge is 2.55. The maximum absolute atomic E-state index is 12.2. The zero-order valence-corrected chi connectivity index (χ0v) is 48.3. The third-order valence-electron chi connectivity index (χ3n) is 14.1. The van der Waals surface area contributed by atoms with Crippen molar-refractivity contribution in [1.82, 2.24) is 0 Å². The van der Waals surface area contributed by atoms with Crippen molar-refractivity contribution in [3.63, 3.8) is 0 Å². The first-order valence-corrected chi connectivity index (χ1v) is 25.9. The molecule has 0 radical (unpaired) electrons. The van der Waals surface area contributed by atoms with Gasteiger partial charge in [-0.2, -0.15) is 0 Å². The third kappa shape index (κ3) is 11.3. The topological polar surface area (TPSA) is 49.7 Å². The number of aryl methyl sites for hydroxylation is 4. The Bertz CT molecular complexity index is 2260. The molecule has 2 N–H and O–H groups in total. The van der Waals surface area contributed by atoms with Crippen molar-refractivity contribution in [2.24, 2.45) is 0 Å². The quantitative estimate of drug-likeness (QED) is 0.182. The molecule has 4 aromatic rings. The molecule has 4 heteroatoms. The van der Waals surface area contributed by atoms with Crippen LogP contribution in [-0.4, -0.2) is 9.79 Å². The maximum Gasteiger partial charge on any atom is 0.328 e. The predicted molar refractivity (Wildman–Crippen MR) is 289 cm³/mol. The van der Waals surface area contributed by atoms with Crippen LogP contribution in [0.1, 0.15) is 261 Å². The number of rotatable bonds is 7. The minimum Gasteiger partial charge on any atom is -0.328 e. The van der Waals surface area contributed by atoms with Crippen LogP contribution in [0.4, 0.5) is 0 Å². The largest absolute Gasteiger partial charge is 0.328 e. The van der Waals surface area contributed by atoms with Crippen molar-refractivity contribution in [2.45, 2.75) is 249 Å². The van der Waals surface area contributed by atoms with E-state index >= 15 is 0 Å². The third-order valence-corrected chi connectivity index (χ3v) is 14.5. The monoisotopic (exact) mass is 919 g/mol.